The lowest BCUT2D eigenvalue weighted by Crippen LogP contribution is -2.30. The van der Waals surface area contributed by atoms with Crippen molar-refractivity contribution in [2.45, 2.75) is 19.1 Å². The molecule has 3 aromatic carbocycles. The van der Waals surface area contributed by atoms with Gasteiger partial charge in [0.05, 0.1) is 11.1 Å². The van der Waals surface area contributed by atoms with Gasteiger partial charge in [0.2, 0.25) is 0 Å². The minimum absolute atomic E-state index is 0.00992. The first-order chi connectivity index (χ1) is 15.1. The fourth-order valence-electron chi connectivity index (χ4n) is 3.47. The number of benzene rings is 3. The maximum atomic E-state index is 12.6. The average molecular weight is 433 g/mol. The number of carbonyl (C=O) groups is 1. The van der Waals surface area contributed by atoms with Crippen molar-refractivity contribution in [2.75, 3.05) is 0 Å². The molecule has 1 aromatic heterocycles. The number of amides is 1. The monoisotopic (exact) mass is 432 g/mol. The van der Waals surface area contributed by atoms with E-state index in [1.54, 1.807) is 24.4 Å². The van der Waals surface area contributed by atoms with Crippen molar-refractivity contribution in [3.05, 3.63) is 107 Å². The first-order valence-corrected chi connectivity index (χ1v) is 10.3. The van der Waals surface area contributed by atoms with Crippen molar-refractivity contribution in [1.82, 2.24) is 10.3 Å². The Hall–Kier alpha value is -3.57. The van der Waals surface area contributed by atoms with Gasteiger partial charge in [0.25, 0.3) is 0 Å². The molecular weight excluding hydrogens is 412 g/mol. The number of hydrogen-bond acceptors (Lipinski definition) is 4. The summed E-state index contributed by atoms with van der Waals surface area (Å²) in [5, 5.41) is 14.9. The Morgan fingerprint density at radius 3 is 2.39 bits per heavy atom. The third kappa shape index (κ3) is 4.95. The van der Waals surface area contributed by atoms with Crippen LogP contribution >= 0.6 is 11.6 Å². The molecule has 0 radical (unpaired) electrons. The lowest BCUT2D eigenvalue weighted by atomic mass is 9.96. The molecule has 0 fully saturated rings. The zero-order valence-electron chi connectivity index (χ0n) is 16.7. The predicted molar refractivity (Wildman–Crippen MR) is 121 cm³/mol. The Labute approximate surface area is 185 Å². The number of pyridine rings is 1. The number of carbonyl (C=O) groups excluding carboxylic acids is 1. The minimum atomic E-state index is -0.582. The summed E-state index contributed by atoms with van der Waals surface area (Å²) in [7, 11) is 0. The van der Waals surface area contributed by atoms with Crippen molar-refractivity contribution in [1.29, 1.82) is 0 Å². The second-order valence-electron chi connectivity index (χ2n) is 7.14. The average Bonchev–Trinajstić information content (AvgIpc) is 2.81. The number of ether oxygens (including phenoxy) is 1. The molecule has 4 aromatic rings. The summed E-state index contributed by atoms with van der Waals surface area (Å²) < 4.78 is 5.40. The van der Waals surface area contributed by atoms with Crippen LogP contribution in [-0.4, -0.2) is 16.2 Å². The molecule has 31 heavy (non-hydrogen) atoms. The van der Waals surface area contributed by atoms with E-state index in [0.29, 0.717) is 27.9 Å². The maximum Gasteiger partial charge on any atom is 0.407 e. The summed E-state index contributed by atoms with van der Waals surface area (Å²) in [5.74, 6) is -0.00992. The number of halogens is 1. The van der Waals surface area contributed by atoms with E-state index in [9.17, 15) is 9.90 Å². The highest BCUT2D eigenvalue weighted by molar-refractivity contribution is 6.35. The van der Waals surface area contributed by atoms with E-state index in [2.05, 4.69) is 10.3 Å². The summed E-state index contributed by atoms with van der Waals surface area (Å²) in [6.45, 7) is 0.150. The lowest BCUT2D eigenvalue weighted by Gasteiger charge is -2.21. The van der Waals surface area contributed by atoms with Crippen molar-refractivity contribution < 1.29 is 14.6 Å². The molecule has 156 valence electrons. The van der Waals surface area contributed by atoms with E-state index < -0.39 is 12.1 Å². The van der Waals surface area contributed by atoms with E-state index in [1.165, 1.54) is 0 Å². The number of phenolic OH excluding ortho intramolecular Hbond substituents is 1. The zero-order valence-corrected chi connectivity index (χ0v) is 17.4. The van der Waals surface area contributed by atoms with Gasteiger partial charge in [-0.15, -0.1) is 0 Å². The Kier molecular flexibility index (Phi) is 6.34. The highest BCUT2D eigenvalue weighted by atomic mass is 35.5. The Morgan fingerprint density at radius 2 is 1.68 bits per heavy atom. The van der Waals surface area contributed by atoms with E-state index in [1.807, 2.05) is 60.7 Å². The zero-order chi connectivity index (χ0) is 21.6. The van der Waals surface area contributed by atoms with Gasteiger partial charge in [-0.05, 0) is 35.7 Å². The molecular formula is C25H21ClN2O3. The van der Waals surface area contributed by atoms with E-state index >= 15 is 0 Å². The van der Waals surface area contributed by atoms with E-state index in [4.69, 9.17) is 16.3 Å². The van der Waals surface area contributed by atoms with Crippen LogP contribution in [-0.2, 0) is 17.8 Å². The van der Waals surface area contributed by atoms with Crippen LogP contribution in [0.4, 0.5) is 4.79 Å². The highest BCUT2D eigenvalue weighted by Crippen LogP contribution is 2.37. The third-order valence-electron chi connectivity index (χ3n) is 5.01. The normalized spacial score (nSPS) is 11.8. The number of aromatic hydroxyl groups is 1. The minimum Gasteiger partial charge on any atom is -0.505 e. The first kappa shape index (κ1) is 20.7. The van der Waals surface area contributed by atoms with E-state index in [0.717, 1.165) is 11.1 Å². The highest BCUT2D eigenvalue weighted by Gasteiger charge is 2.22. The molecule has 0 bridgehead atoms. The summed E-state index contributed by atoms with van der Waals surface area (Å²) in [6, 6.07) is 23.8. The molecule has 0 aliphatic carbocycles. The molecule has 0 aliphatic heterocycles. The van der Waals surface area contributed by atoms with Crippen molar-refractivity contribution in [3.8, 4) is 5.75 Å². The quantitative estimate of drug-likeness (QED) is 0.403. The van der Waals surface area contributed by atoms with Gasteiger partial charge in [-0.2, -0.15) is 0 Å². The first-order valence-electron chi connectivity index (χ1n) is 9.89. The summed E-state index contributed by atoms with van der Waals surface area (Å²) in [5.41, 5.74) is 2.75. The standard InChI is InChI=1S/C25H21ClN2O3/c26-21-15-20(24(29)23-19(21)12-7-13-27-23)22(14-17-8-3-1-4-9-17)28-25(30)31-16-18-10-5-2-6-11-18/h1-13,15,22,29H,14,16H2,(H,28,30). The molecule has 1 unspecified atom stereocenters. The fourth-order valence-corrected chi connectivity index (χ4v) is 3.74. The summed E-state index contributed by atoms with van der Waals surface area (Å²) in [6.07, 6.45) is 1.46. The third-order valence-corrected chi connectivity index (χ3v) is 5.32. The van der Waals surface area contributed by atoms with Gasteiger partial charge >= 0.3 is 6.09 Å². The Morgan fingerprint density at radius 1 is 1.00 bits per heavy atom. The smallest absolute Gasteiger partial charge is 0.407 e. The number of nitrogens with zero attached hydrogens (tertiary/aromatic N) is 1. The molecule has 5 nitrogen and oxygen atoms in total. The number of nitrogens with one attached hydrogen (secondary N) is 1. The van der Waals surface area contributed by atoms with Crippen LogP contribution in [0.1, 0.15) is 22.7 Å². The number of alkyl carbamates (subject to hydrolysis) is 1. The molecule has 2 N–H and O–H groups in total. The van der Waals surface area contributed by atoms with Crippen LogP contribution in [0.3, 0.4) is 0 Å². The SMILES string of the molecule is O=C(NC(Cc1ccccc1)c1cc(Cl)c2cccnc2c1O)OCc1ccccc1. The van der Waals surface area contributed by atoms with Gasteiger partial charge in [-0.25, -0.2) is 4.79 Å². The maximum absolute atomic E-state index is 12.6. The summed E-state index contributed by atoms with van der Waals surface area (Å²) in [4.78, 5) is 16.9. The van der Waals surface area contributed by atoms with Crippen molar-refractivity contribution in [3.63, 3.8) is 0 Å². The van der Waals surface area contributed by atoms with Gasteiger partial charge in [-0.3, -0.25) is 4.98 Å². The van der Waals surface area contributed by atoms with Crippen LogP contribution in [0.2, 0.25) is 5.02 Å². The van der Waals surface area contributed by atoms with E-state index in [-0.39, 0.29) is 12.4 Å². The number of hydrogen-bond donors (Lipinski definition) is 2. The molecule has 4 rings (SSSR count). The van der Waals surface area contributed by atoms with Gasteiger partial charge < -0.3 is 15.2 Å². The van der Waals surface area contributed by atoms with Gasteiger partial charge in [0.1, 0.15) is 17.9 Å². The predicted octanol–water partition coefficient (Wildman–Crippen LogP) is 5.80. The van der Waals surface area contributed by atoms with Crippen LogP contribution in [0, 0.1) is 0 Å². The van der Waals surface area contributed by atoms with Gasteiger partial charge in [-0.1, -0.05) is 72.3 Å². The Balaban J connectivity index is 1.62. The summed E-state index contributed by atoms with van der Waals surface area (Å²) >= 11 is 6.46. The van der Waals surface area contributed by atoms with Gasteiger partial charge in [0.15, 0.2) is 0 Å². The second-order valence-corrected chi connectivity index (χ2v) is 7.55. The molecule has 0 saturated carbocycles. The molecule has 0 aliphatic rings. The molecule has 1 heterocycles. The molecule has 0 saturated heterocycles. The number of phenols is 1. The molecule has 1 atom stereocenters. The van der Waals surface area contributed by atoms with Crippen molar-refractivity contribution >= 4 is 28.6 Å². The number of fused-ring (bicyclic) bond motifs is 1. The van der Waals surface area contributed by atoms with Gasteiger partial charge in [0, 0.05) is 17.1 Å². The van der Waals surface area contributed by atoms with Crippen LogP contribution in [0.15, 0.2) is 85.1 Å². The number of rotatable bonds is 6. The topological polar surface area (TPSA) is 71.5 Å². The lowest BCUT2D eigenvalue weighted by molar-refractivity contribution is 0.135. The van der Waals surface area contributed by atoms with Crippen molar-refractivity contribution in [2.24, 2.45) is 0 Å². The van der Waals surface area contributed by atoms with Crippen LogP contribution in [0.5, 0.6) is 5.75 Å². The molecule has 0 spiro atoms. The second kappa shape index (κ2) is 9.49. The fraction of sp³-hybridized carbons (Fsp3) is 0.120. The van der Waals surface area contributed by atoms with Crippen LogP contribution < -0.4 is 5.32 Å². The largest absolute Gasteiger partial charge is 0.505 e. The molecule has 6 heteroatoms. The molecule has 1 amide bonds. The Bertz CT molecular complexity index is 1180. The number of aromatic nitrogens is 1. The van der Waals surface area contributed by atoms with Crippen LogP contribution in [0.25, 0.3) is 10.9 Å².